The van der Waals surface area contributed by atoms with Gasteiger partial charge in [0, 0.05) is 5.92 Å². The number of rotatable bonds is 3. The highest BCUT2D eigenvalue weighted by Crippen LogP contribution is 2.37. The van der Waals surface area contributed by atoms with E-state index in [0.29, 0.717) is 13.2 Å². The highest BCUT2D eigenvalue weighted by molar-refractivity contribution is 5.46. The Morgan fingerprint density at radius 1 is 0.952 bits per heavy atom. The Morgan fingerprint density at radius 3 is 2.38 bits per heavy atom. The van der Waals surface area contributed by atoms with Crippen molar-refractivity contribution in [1.29, 1.82) is 5.26 Å². The first kappa shape index (κ1) is 13.5. The molecule has 0 spiro atoms. The normalized spacial score (nSPS) is 15.8. The molecule has 2 aromatic rings. The van der Waals surface area contributed by atoms with E-state index in [1.165, 1.54) is 5.56 Å². The molecule has 0 saturated carbocycles. The maximum Gasteiger partial charge on any atom is 0.161 e. The van der Waals surface area contributed by atoms with Crippen LogP contribution in [0.4, 0.5) is 0 Å². The third-order valence-electron chi connectivity index (χ3n) is 3.89. The molecule has 0 saturated heterocycles. The topological polar surface area (TPSA) is 42.2 Å². The smallest absolute Gasteiger partial charge is 0.161 e. The summed E-state index contributed by atoms with van der Waals surface area (Å²) in [6, 6.07) is 18.3. The standard InChI is InChI=1S/C18H17NO2/c1-13(14-5-3-2-4-6-14)16(12-19)15-7-8-17-18(11-15)21-10-9-20-17/h2-8,11,13,16H,9-10H2,1H3. The van der Waals surface area contributed by atoms with Crippen LogP contribution in [0.2, 0.25) is 0 Å². The number of nitrogens with zero attached hydrogens (tertiary/aromatic N) is 1. The molecular weight excluding hydrogens is 262 g/mol. The molecule has 2 aromatic carbocycles. The first-order valence-corrected chi connectivity index (χ1v) is 7.13. The Labute approximate surface area is 124 Å². The number of hydrogen-bond donors (Lipinski definition) is 0. The fourth-order valence-corrected chi connectivity index (χ4v) is 2.68. The Hall–Kier alpha value is -2.47. The van der Waals surface area contributed by atoms with Crippen LogP contribution in [0.5, 0.6) is 11.5 Å². The molecule has 1 heterocycles. The van der Waals surface area contributed by atoms with Crippen LogP contribution in [0.15, 0.2) is 48.5 Å². The molecule has 21 heavy (non-hydrogen) atoms. The van der Waals surface area contributed by atoms with Crippen molar-refractivity contribution >= 4 is 0 Å². The monoisotopic (exact) mass is 279 g/mol. The van der Waals surface area contributed by atoms with E-state index >= 15 is 0 Å². The van der Waals surface area contributed by atoms with Gasteiger partial charge < -0.3 is 9.47 Å². The van der Waals surface area contributed by atoms with E-state index in [9.17, 15) is 5.26 Å². The fraction of sp³-hybridized carbons (Fsp3) is 0.278. The van der Waals surface area contributed by atoms with Gasteiger partial charge in [-0.2, -0.15) is 5.26 Å². The average Bonchev–Trinajstić information content (AvgIpc) is 2.56. The highest BCUT2D eigenvalue weighted by Gasteiger charge is 2.22. The maximum absolute atomic E-state index is 9.59. The summed E-state index contributed by atoms with van der Waals surface area (Å²) in [4.78, 5) is 0. The zero-order chi connectivity index (χ0) is 14.7. The molecule has 3 heteroatoms. The molecule has 1 aliphatic heterocycles. The van der Waals surface area contributed by atoms with Crippen LogP contribution in [-0.2, 0) is 0 Å². The minimum Gasteiger partial charge on any atom is -0.486 e. The van der Waals surface area contributed by atoms with Gasteiger partial charge in [0.1, 0.15) is 13.2 Å². The van der Waals surface area contributed by atoms with Gasteiger partial charge in [0.25, 0.3) is 0 Å². The van der Waals surface area contributed by atoms with Gasteiger partial charge in [-0.3, -0.25) is 0 Å². The number of fused-ring (bicyclic) bond motifs is 1. The van der Waals surface area contributed by atoms with Crippen molar-refractivity contribution in [2.24, 2.45) is 0 Å². The summed E-state index contributed by atoms with van der Waals surface area (Å²) in [6.45, 7) is 3.22. The molecule has 3 nitrogen and oxygen atoms in total. The van der Waals surface area contributed by atoms with Crippen LogP contribution in [-0.4, -0.2) is 13.2 Å². The molecule has 3 rings (SSSR count). The minimum atomic E-state index is -0.205. The number of nitriles is 1. The van der Waals surface area contributed by atoms with Crippen molar-refractivity contribution in [2.75, 3.05) is 13.2 Å². The zero-order valence-corrected chi connectivity index (χ0v) is 12.0. The van der Waals surface area contributed by atoms with Gasteiger partial charge in [0.05, 0.1) is 12.0 Å². The summed E-state index contributed by atoms with van der Waals surface area (Å²) in [5.41, 5.74) is 2.14. The predicted molar refractivity (Wildman–Crippen MR) is 80.6 cm³/mol. The lowest BCUT2D eigenvalue weighted by Crippen LogP contribution is -2.16. The van der Waals surface area contributed by atoms with E-state index in [2.05, 4.69) is 25.1 Å². The summed E-state index contributed by atoms with van der Waals surface area (Å²) in [5, 5.41) is 9.59. The van der Waals surface area contributed by atoms with E-state index in [0.717, 1.165) is 17.1 Å². The van der Waals surface area contributed by atoms with Crippen molar-refractivity contribution < 1.29 is 9.47 Å². The Kier molecular flexibility index (Phi) is 3.79. The van der Waals surface area contributed by atoms with Gasteiger partial charge in [0.15, 0.2) is 11.5 Å². The largest absolute Gasteiger partial charge is 0.486 e. The maximum atomic E-state index is 9.59. The Morgan fingerprint density at radius 2 is 1.67 bits per heavy atom. The lowest BCUT2D eigenvalue weighted by atomic mass is 9.83. The molecule has 0 radical (unpaired) electrons. The summed E-state index contributed by atoms with van der Waals surface area (Å²) in [5.74, 6) is 1.41. The highest BCUT2D eigenvalue weighted by atomic mass is 16.6. The first-order chi connectivity index (χ1) is 10.3. The summed E-state index contributed by atoms with van der Waals surface area (Å²) in [7, 11) is 0. The second kappa shape index (κ2) is 5.88. The second-order valence-electron chi connectivity index (χ2n) is 5.21. The zero-order valence-electron chi connectivity index (χ0n) is 12.0. The van der Waals surface area contributed by atoms with E-state index < -0.39 is 0 Å². The third kappa shape index (κ3) is 2.71. The quantitative estimate of drug-likeness (QED) is 0.856. The van der Waals surface area contributed by atoms with Gasteiger partial charge in [-0.05, 0) is 23.3 Å². The van der Waals surface area contributed by atoms with Gasteiger partial charge in [0.2, 0.25) is 0 Å². The number of hydrogen-bond acceptors (Lipinski definition) is 3. The average molecular weight is 279 g/mol. The molecule has 0 amide bonds. The minimum absolute atomic E-state index is 0.124. The molecule has 0 bridgehead atoms. The Bertz CT molecular complexity index is 661. The molecule has 2 atom stereocenters. The van der Waals surface area contributed by atoms with Crippen molar-refractivity contribution in [1.82, 2.24) is 0 Å². The second-order valence-corrected chi connectivity index (χ2v) is 5.21. The van der Waals surface area contributed by atoms with Crippen molar-refractivity contribution in [3.8, 4) is 17.6 Å². The molecular formula is C18H17NO2. The van der Waals surface area contributed by atoms with Crippen molar-refractivity contribution in [2.45, 2.75) is 18.8 Å². The van der Waals surface area contributed by atoms with Crippen molar-refractivity contribution in [3.05, 3.63) is 59.7 Å². The fourth-order valence-electron chi connectivity index (χ4n) is 2.68. The molecule has 106 valence electrons. The first-order valence-electron chi connectivity index (χ1n) is 7.13. The van der Waals surface area contributed by atoms with Crippen LogP contribution in [0.1, 0.15) is 29.9 Å². The van der Waals surface area contributed by atoms with Crippen LogP contribution < -0.4 is 9.47 Å². The van der Waals surface area contributed by atoms with E-state index in [1.54, 1.807) is 0 Å². The Balaban J connectivity index is 1.92. The predicted octanol–water partition coefficient (Wildman–Crippen LogP) is 3.87. The van der Waals surface area contributed by atoms with Gasteiger partial charge in [-0.25, -0.2) is 0 Å². The molecule has 1 aliphatic rings. The SMILES string of the molecule is CC(c1ccccc1)C(C#N)c1ccc2c(c1)OCCO2. The van der Waals surface area contributed by atoms with E-state index in [4.69, 9.17) is 9.47 Å². The van der Waals surface area contributed by atoms with Crippen LogP contribution in [0.25, 0.3) is 0 Å². The van der Waals surface area contributed by atoms with Gasteiger partial charge >= 0.3 is 0 Å². The van der Waals surface area contributed by atoms with Crippen molar-refractivity contribution in [3.63, 3.8) is 0 Å². The molecule has 0 aliphatic carbocycles. The third-order valence-corrected chi connectivity index (χ3v) is 3.89. The molecule has 0 fully saturated rings. The van der Waals surface area contributed by atoms with Gasteiger partial charge in [-0.1, -0.05) is 43.3 Å². The van der Waals surface area contributed by atoms with Crippen LogP contribution in [0, 0.1) is 11.3 Å². The number of benzene rings is 2. The van der Waals surface area contributed by atoms with E-state index in [-0.39, 0.29) is 11.8 Å². The summed E-state index contributed by atoms with van der Waals surface area (Å²) >= 11 is 0. The summed E-state index contributed by atoms with van der Waals surface area (Å²) < 4.78 is 11.1. The lowest BCUT2D eigenvalue weighted by Gasteiger charge is -2.22. The van der Waals surface area contributed by atoms with Crippen LogP contribution >= 0.6 is 0 Å². The van der Waals surface area contributed by atoms with E-state index in [1.807, 2.05) is 36.4 Å². The molecule has 0 N–H and O–H groups in total. The molecule has 0 aromatic heterocycles. The molecule has 2 unspecified atom stereocenters. The lowest BCUT2D eigenvalue weighted by molar-refractivity contribution is 0.171. The van der Waals surface area contributed by atoms with Gasteiger partial charge in [-0.15, -0.1) is 0 Å². The summed E-state index contributed by atoms with van der Waals surface area (Å²) in [6.07, 6.45) is 0. The number of ether oxygens (including phenoxy) is 2. The van der Waals surface area contributed by atoms with Crippen LogP contribution in [0.3, 0.4) is 0 Å².